The lowest BCUT2D eigenvalue weighted by atomic mass is 10.1. The van der Waals surface area contributed by atoms with Crippen molar-refractivity contribution in [3.05, 3.63) is 53.9 Å². The number of aromatic nitrogens is 3. The van der Waals surface area contributed by atoms with Gasteiger partial charge in [-0.15, -0.1) is 0 Å². The summed E-state index contributed by atoms with van der Waals surface area (Å²) in [7, 11) is 0. The molecule has 3 aromatic rings. The van der Waals surface area contributed by atoms with Crippen molar-refractivity contribution in [2.45, 2.75) is 58.2 Å². The molecule has 0 amide bonds. The van der Waals surface area contributed by atoms with E-state index in [1.807, 2.05) is 12.3 Å². The van der Waals surface area contributed by atoms with Gasteiger partial charge in [0.05, 0.1) is 17.6 Å². The summed E-state index contributed by atoms with van der Waals surface area (Å²) in [6.07, 6.45) is 8.44. The van der Waals surface area contributed by atoms with Gasteiger partial charge < -0.3 is 15.5 Å². The van der Waals surface area contributed by atoms with E-state index in [9.17, 15) is 4.39 Å². The summed E-state index contributed by atoms with van der Waals surface area (Å²) in [6, 6.07) is 8.03. The minimum atomic E-state index is -0.610. The molecule has 1 saturated carbocycles. The number of piperazine rings is 1. The maximum Gasteiger partial charge on any atom is 0.229 e. The monoisotopic (exact) mass is 548 g/mol. The summed E-state index contributed by atoms with van der Waals surface area (Å²) in [5.41, 5.74) is 2.71. The third-order valence-corrected chi connectivity index (χ3v) is 8.39. The number of pyridine rings is 1. The minimum absolute atomic E-state index is 0.0434. The number of nitrogens with one attached hydrogen (secondary N) is 2. The third kappa shape index (κ3) is 5.74. The Labute approximate surface area is 234 Å². The average molecular weight is 549 g/mol. The molecular weight excluding hydrogens is 510 g/mol. The van der Waals surface area contributed by atoms with Gasteiger partial charge in [0.2, 0.25) is 5.95 Å². The number of halogens is 2. The summed E-state index contributed by atoms with van der Waals surface area (Å²) in [5.74, 6) is -0.264. The first kappa shape index (κ1) is 26.8. The van der Waals surface area contributed by atoms with Gasteiger partial charge in [0.1, 0.15) is 17.3 Å². The van der Waals surface area contributed by atoms with Crippen molar-refractivity contribution in [2.24, 2.45) is 0 Å². The van der Waals surface area contributed by atoms with Crippen molar-refractivity contribution in [1.29, 1.82) is 0 Å². The summed E-state index contributed by atoms with van der Waals surface area (Å²) in [6.45, 7) is 10.8. The van der Waals surface area contributed by atoms with E-state index in [2.05, 4.69) is 60.2 Å². The Hall–Kier alpha value is -3.37. The lowest BCUT2D eigenvalue weighted by Crippen LogP contribution is -2.49. The first-order valence-electron chi connectivity index (χ1n) is 14.5. The van der Waals surface area contributed by atoms with Crippen LogP contribution in [0.3, 0.4) is 0 Å². The molecule has 2 aromatic heterocycles. The zero-order valence-electron chi connectivity index (χ0n) is 23.3. The highest BCUT2D eigenvalue weighted by atomic mass is 19.1. The van der Waals surface area contributed by atoms with Crippen molar-refractivity contribution in [3.63, 3.8) is 0 Å². The summed E-state index contributed by atoms with van der Waals surface area (Å²) in [5, 5.41) is 6.20. The molecular formula is C30H38F2N8. The maximum absolute atomic E-state index is 15.0. The summed E-state index contributed by atoms with van der Waals surface area (Å²) >= 11 is 0. The molecule has 2 fully saturated rings. The topological polar surface area (TPSA) is 72.5 Å². The zero-order chi connectivity index (χ0) is 27.6. The van der Waals surface area contributed by atoms with Crippen LogP contribution in [-0.2, 0) is 6.54 Å². The van der Waals surface area contributed by atoms with E-state index in [4.69, 9.17) is 0 Å². The predicted octanol–water partition coefficient (Wildman–Crippen LogP) is 5.26. The largest absolute Gasteiger partial charge is 0.379 e. The van der Waals surface area contributed by atoms with Gasteiger partial charge in [-0.2, -0.15) is 0 Å². The second kappa shape index (κ2) is 11.6. The van der Waals surface area contributed by atoms with Crippen molar-refractivity contribution >= 4 is 23.1 Å². The molecule has 6 rings (SSSR count). The van der Waals surface area contributed by atoms with Crippen LogP contribution in [-0.4, -0.2) is 76.1 Å². The molecule has 0 unspecified atom stereocenters. The fourth-order valence-corrected chi connectivity index (χ4v) is 6.24. The van der Waals surface area contributed by atoms with Gasteiger partial charge in [-0.05, 0) is 50.5 Å². The van der Waals surface area contributed by atoms with Crippen LogP contribution in [0.1, 0.15) is 45.1 Å². The molecule has 1 saturated heterocycles. The molecule has 2 N–H and O–H groups in total. The molecule has 0 bridgehead atoms. The quantitative estimate of drug-likeness (QED) is 0.414. The van der Waals surface area contributed by atoms with E-state index in [0.29, 0.717) is 29.3 Å². The third-order valence-electron chi connectivity index (χ3n) is 8.39. The van der Waals surface area contributed by atoms with Crippen molar-refractivity contribution in [2.75, 3.05) is 54.8 Å². The van der Waals surface area contributed by atoms with Gasteiger partial charge in [0.15, 0.2) is 5.82 Å². The van der Waals surface area contributed by atoms with E-state index >= 15 is 4.39 Å². The van der Waals surface area contributed by atoms with Crippen LogP contribution in [0.5, 0.6) is 0 Å². The molecule has 1 aromatic carbocycles. The average Bonchev–Trinajstić information content (AvgIpc) is 3.50. The highest BCUT2D eigenvalue weighted by molar-refractivity contribution is 5.79. The fraction of sp³-hybridized carbons (Fsp3) is 0.500. The molecule has 3 aliphatic rings. The molecule has 0 radical (unpaired) electrons. The van der Waals surface area contributed by atoms with Crippen LogP contribution in [0.25, 0.3) is 11.3 Å². The number of nitrogens with zero attached hydrogens (tertiary/aromatic N) is 6. The van der Waals surface area contributed by atoms with E-state index in [1.165, 1.54) is 31.7 Å². The summed E-state index contributed by atoms with van der Waals surface area (Å²) < 4.78 is 29.9. The van der Waals surface area contributed by atoms with Gasteiger partial charge in [-0.3, -0.25) is 9.80 Å². The lowest BCUT2D eigenvalue weighted by Gasteiger charge is -2.38. The molecule has 1 aliphatic carbocycles. The number of hydrogen-bond donors (Lipinski definition) is 2. The Morgan fingerprint density at radius 3 is 2.50 bits per heavy atom. The van der Waals surface area contributed by atoms with Crippen LogP contribution < -0.4 is 15.5 Å². The van der Waals surface area contributed by atoms with Gasteiger partial charge in [-0.1, -0.05) is 18.9 Å². The van der Waals surface area contributed by atoms with Crippen LogP contribution in [0.15, 0.2) is 36.7 Å². The maximum atomic E-state index is 15.0. The van der Waals surface area contributed by atoms with Crippen LogP contribution >= 0.6 is 0 Å². The number of fused-ring (bicyclic) bond motifs is 1. The minimum Gasteiger partial charge on any atom is -0.379 e. The Bertz CT molecular complexity index is 1320. The lowest BCUT2D eigenvalue weighted by molar-refractivity contribution is 0.0936. The molecule has 10 heteroatoms. The zero-order valence-corrected chi connectivity index (χ0v) is 23.3. The Kier molecular flexibility index (Phi) is 7.80. The first-order valence-corrected chi connectivity index (χ1v) is 14.5. The van der Waals surface area contributed by atoms with Gasteiger partial charge in [0, 0.05) is 69.7 Å². The van der Waals surface area contributed by atoms with Crippen LogP contribution in [0.2, 0.25) is 0 Å². The molecule has 0 atom stereocenters. The van der Waals surface area contributed by atoms with Gasteiger partial charge in [-0.25, -0.2) is 23.7 Å². The molecule has 40 heavy (non-hydrogen) atoms. The summed E-state index contributed by atoms with van der Waals surface area (Å²) in [4.78, 5) is 20.3. The highest BCUT2D eigenvalue weighted by Crippen LogP contribution is 2.37. The number of benzene rings is 1. The normalized spacial score (nSPS) is 18.7. The first-order chi connectivity index (χ1) is 19.4. The smallest absolute Gasteiger partial charge is 0.229 e. The standard InChI is InChI=1S/C30H38F2N8/c1-20(2)40-10-9-33-29-24(31)15-22(16-26(29)40)28-25(32)18-35-30(37-28)36-27-8-7-21(17-34-27)19-38-11-13-39(14-12-38)23-5-3-4-6-23/h7-8,15-18,20,23,33H,3-6,9-14,19H2,1-2H3,(H,34,35,36,37). The van der Waals surface area contributed by atoms with Crippen LogP contribution in [0, 0.1) is 11.6 Å². The number of hydrogen-bond acceptors (Lipinski definition) is 8. The van der Waals surface area contributed by atoms with Crippen molar-refractivity contribution < 1.29 is 8.78 Å². The fourth-order valence-electron chi connectivity index (χ4n) is 6.24. The van der Waals surface area contributed by atoms with Gasteiger partial charge >= 0.3 is 0 Å². The number of anilines is 4. The number of rotatable bonds is 7. The molecule has 2 aliphatic heterocycles. The molecule has 4 heterocycles. The van der Waals surface area contributed by atoms with E-state index < -0.39 is 11.6 Å². The van der Waals surface area contributed by atoms with Gasteiger partial charge in [0.25, 0.3) is 0 Å². The molecule has 0 spiro atoms. The Morgan fingerprint density at radius 1 is 0.975 bits per heavy atom. The van der Waals surface area contributed by atoms with Crippen molar-refractivity contribution in [1.82, 2.24) is 24.8 Å². The van der Waals surface area contributed by atoms with Crippen molar-refractivity contribution in [3.8, 4) is 11.3 Å². The Balaban J connectivity index is 1.12. The highest BCUT2D eigenvalue weighted by Gasteiger charge is 2.26. The molecule has 212 valence electrons. The van der Waals surface area contributed by atoms with E-state index in [1.54, 1.807) is 6.07 Å². The van der Waals surface area contributed by atoms with E-state index in [0.717, 1.165) is 57.1 Å². The second-order valence-corrected chi connectivity index (χ2v) is 11.4. The SMILES string of the molecule is CC(C)N1CCNc2c(F)cc(-c3nc(Nc4ccc(CN5CCN(C6CCCC6)CC5)cn4)ncc3F)cc21. The second-order valence-electron chi connectivity index (χ2n) is 11.4. The molecule has 8 nitrogen and oxygen atoms in total. The van der Waals surface area contributed by atoms with Crippen LogP contribution in [0.4, 0.5) is 31.9 Å². The Morgan fingerprint density at radius 2 is 1.77 bits per heavy atom. The predicted molar refractivity (Wildman–Crippen MR) is 155 cm³/mol. The van der Waals surface area contributed by atoms with E-state index in [-0.39, 0.29) is 17.7 Å².